The first-order chi connectivity index (χ1) is 7.13. The first-order valence-electron chi connectivity index (χ1n) is 4.92. The lowest BCUT2D eigenvalue weighted by atomic mass is 10.1. The minimum absolute atomic E-state index is 0.0305. The topological polar surface area (TPSA) is 84.7 Å². The van der Waals surface area contributed by atoms with Crippen LogP contribution in [0.15, 0.2) is 0 Å². The lowest BCUT2D eigenvalue weighted by molar-refractivity contribution is -0.136. The van der Waals surface area contributed by atoms with Crippen LogP contribution in [-0.2, 0) is 14.3 Å². The van der Waals surface area contributed by atoms with Crippen LogP contribution >= 0.6 is 0 Å². The van der Waals surface area contributed by atoms with E-state index in [4.69, 9.17) is 10.5 Å². The number of nitrogens with zero attached hydrogens (tertiary/aromatic N) is 1. The molecule has 1 heterocycles. The molecule has 0 saturated carbocycles. The Hall–Kier alpha value is -1.14. The SMILES string of the molecule is COCC(=O)N1CCNC(CC(N)=O)C1. The molecule has 0 aromatic heterocycles. The molecule has 6 heteroatoms. The molecular weight excluding hydrogens is 198 g/mol. The number of nitrogens with one attached hydrogen (secondary N) is 1. The van der Waals surface area contributed by atoms with Gasteiger partial charge in [0, 0.05) is 39.2 Å². The minimum atomic E-state index is -0.353. The number of carbonyl (C=O) groups is 2. The Morgan fingerprint density at radius 3 is 2.93 bits per heavy atom. The van der Waals surface area contributed by atoms with Crippen LogP contribution in [0.25, 0.3) is 0 Å². The van der Waals surface area contributed by atoms with Gasteiger partial charge in [-0.2, -0.15) is 0 Å². The van der Waals surface area contributed by atoms with Gasteiger partial charge in [-0.15, -0.1) is 0 Å². The molecule has 3 N–H and O–H groups in total. The maximum absolute atomic E-state index is 11.5. The Kier molecular flexibility index (Phi) is 4.51. The molecule has 1 fully saturated rings. The average Bonchev–Trinajstić information content (AvgIpc) is 2.17. The van der Waals surface area contributed by atoms with Crippen molar-refractivity contribution < 1.29 is 14.3 Å². The number of methoxy groups -OCH3 is 1. The molecule has 1 saturated heterocycles. The summed E-state index contributed by atoms with van der Waals surface area (Å²) in [6.07, 6.45) is 0.261. The van der Waals surface area contributed by atoms with Gasteiger partial charge in [-0.3, -0.25) is 9.59 Å². The van der Waals surface area contributed by atoms with E-state index in [1.807, 2.05) is 0 Å². The summed E-state index contributed by atoms with van der Waals surface area (Å²) in [4.78, 5) is 23.9. The predicted octanol–water partition coefficient (Wildman–Crippen LogP) is -1.69. The highest BCUT2D eigenvalue weighted by atomic mass is 16.5. The van der Waals surface area contributed by atoms with Gasteiger partial charge in [0.25, 0.3) is 0 Å². The summed E-state index contributed by atoms with van der Waals surface area (Å²) in [5.41, 5.74) is 5.10. The van der Waals surface area contributed by atoms with Crippen molar-refractivity contribution in [1.29, 1.82) is 0 Å². The third-order valence-electron chi connectivity index (χ3n) is 2.32. The van der Waals surface area contributed by atoms with Crippen LogP contribution in [0.4, 0.5) is 0 Å². The van der Waals surface area contributed by atoms with Gasteiger partial charge in [0.05, 0.1) is 0 Å². The summed E-state index contributed by atoms with van der Waals surface area (Å²) in [5.74, 6) is -0.401. The van der Waals surface area contributed by atoms with Crippen molar-refractivity contribution in [2.24, 2.45) is 5.73 Å². The number of piperazine rings is 1. The van der Waals surface area contributed by atoms with E-state index in [1.54, 1.807) is 4.90 Å². The Bertz CT molecular complexity index is 245. The molecule has 1 rings (SSSR count). The van der Waals surface area contributed by atoms with E-state index in [0.29, 0.717) is 19.6 Å². The zero-order valence-electron chi connectivity index (χ0n) is 8.86. The monoisotopic (exact) mass is 215 g/mol. The van der Waals surface area contributed by atoms with Crippen LogP contribution in [0.1, 0.15) is 6.42 Å². The first kappa shape index (κ1) is 11.9. The molecule has 0 aliphatic carbocycles. The molecule has 1 atom stereocenters. The van der Waals surface area contributed by atoms with Gasteiger partial charge >= 0.3 is 0 Å². The van der Waals surface area contributed by atoms with Gasteiger partial charge in [0.15, 0.2) is 0 Å². The van der Waals surface area contributed by atoms with Crippen LogP contribution in [-0.4, -0.2) is 56.1 Å². The lowest BCUT2D eigenvalue weighted by Crippen LogP contribution is -2.54. The van der Waals surface area contributed by atoms with Crippen LogP contribution in [0, 0.1) is 0 Å². The Balaban J connectivity index is 2.41. The van der Waals surface area contributed by atoms with E-state index in [1.165, 1.54) is 7.11 Å². The summed E-state index contributed by atoms with van der Waals surface area (Å²) < 4.78 is 4.77. The number of carbonyl (C=O) groups excluding carboxylic acids is 2. The standard InChI is InChI=1S/C9H17N3O3/c1-15-6-9(14)12-3-2-11-7(5-12)4-8(10)13/h7,11H,2-6H2,1H3,(H2,10,13). The molecule has 2 amide bonds. The van der Waals surface area contributed by atoms with Crippen molar-refractivity contribution >= 4 is 11.8 Å². The maximum Gasteiger partial charge on any atom is 0.248 e. The van der Waals surface area contributed by atoms with Crippen LogP contribution < -0.4 is 11.1 Å². The zero-order chi connectivity index (χ0) is 11.3. The van der Waals surface area contributed by atoms with Gasteiger partial charge in [-0.25, -0.2) is 0 Å². The fourth-order valence-electron chi connectivity index (χ4n) is 1.65. The Morgan fingerprint density at radius 1 is 1.60 bits per heavy atom. The van der Waals surface area contributed by atoms with E-state index >= 15 is 0 Å². The van der Waals surface area contributed by atoms with Crippen LogP contribution in [0.5, 0.6) is 0 Å². The van der Waals surface area contributed by atoms with E-state index in [2.05, 4.69) is 5.32 Å². The van der Waals surface area contributed by atoms with Crippen molar-refractivity contribution in [3.05, 3.63) is 0 Å². The van der Waals surface area contributed by atoms with Crippen molar-refractivity contribution in [2.45, 2.75) is 12.5 Å². The second kappa shape index (κ2) is 5.67. The predicted molar refractivity (Wildman–Crippen MR) is 54.1 cm³/mol. The first-order valence-corrected chi connectivity index (χ1v) is 4.92. The van der Waals surface area contributed by atoms with Crippen molar-refractivity contribution in [1.82, 2.24) is 10.2 Å². The molecule has 0 aromatic rings. The molecule has 1 unspecified atom stereocenters. The van der Waals surface area contributed by atoms with Gasteiger partial charge < -0.3 is 20.7 Å². The molecule has 0 spiro atoms. The van der Waals surface area contributed by atoms with Gasteiger partial charge in [-0.05, 0) is 0 Å². The number of rotatable bonds is 4. The highest BCUT2D eigenvalue weighted by Gasteiger charge is 2.23. The molecule has 86 valence electrons. The summed E-state index contributed by atoms with van der Waals surface area (Å²) in [7, 11) is 1.49. The fourth-order valence-corrected chi connectivity index (χ4v) is 1.65. The zero-order valence-corrected chi connectivity index (χ0v) is 8.86. The molecule has 1 aliphatic heterocycles. The van der Waals surface area contributed by atoms with Gasteiger partial charge in [-0.1, -0.05) is 0 Å². The highest BCUT2D eigenvalue weighted by Crippen LogP contribution is 2.03. The van der Waals surface area contributed by atoms with Crippen LogP contribution in [0.2, 0.25) is 0 Å². The van der Waals surface area contributed by atoms with E-state index in [-0.39, 0.29) is 30.9 Å². The largest absolute Gasteiger partial charge is 0.375 e. The quantitative estimate of drug-likeness (QED) is 0.586. The van der Waals surface area contributed by atoms with E-state index in [9.17, 15) is 9.59 Å². The number of ether oxygens (including phenoxy) is 1. The molecule has 15 heavy (non-hydrogen) atoms. The Morgan fingerprint density at radius 2 is 2.33 bits per heavy atom. The molecule has 0 radical (unpaired) electrons. The molecule has 6 nitrogen and oxygen atoms in total. The Labute approximate surface area is 88.7 Å². The highest BCUT2D eigenvalue weighted by molar-refractivity contribution is 5.78. The number of hydrogen-bond acceptors (Lipinski definition) is 4. The molecule has 0 aromatic carbocycles. The number of hydrogen-bond donors (Lipinski definition) is 2. The van der Waals surface area contributed by atoms with E-state index < -0.39 is 0 Å². The number of nitrogens with two attached hydrogens (primary N) is 1. The van der Waals surface area contributed by atoms with Crippen molar-refractivity contribution in [3.63, 3.8) is 0 Å². The summed E-state index contributed by atoms with van der Waals surface area (Å²) in [6.45, 7) is 1.94. The summed E-state index contributed by atoms with van der Waals surface area (Å²) in [6, 6.07) is -0.0305. The van der Waals surface area contributed by atoms with E-state index in [0.717, 1.165) is 0 Å². The molecular formula is C9H17N3O3. The summed E-state index contributed by atoms with van der Waals surface area (Å²) >= 11 is 0. The molecule has 1 aliphatic rings. The molecule has 0 bridgehead atoms. The van der Waals surface area contributed by atoms with Gasteiger partial charge in [0.1, 0.15) is 6.61 Å². The summed E-state index contributed by atoms with van der Waals surface area (Å²) in [5, 5.41) is 3.14. The minimum Gasteiger partial charge on any atom is -0.375 e. The third-order valence-corrected chi connectivity index (χ3v) is 2.32. The average molecular weight is 215 g/mol. The fraction of sp³-hybridized carbons (Fsp3) is 0.778. The van der Waals surface area contributed by atoms with Crippen molar-refractivity contribution in [2.75, 3.05) is 33.4 Å². The number of primary amides is 1. The second-order valence-corrected chi connectivity index (χ2v) is 3.59. The third kappa shape index (κ3) is 3.85. The number of amides is 2. The van der Waals surface area contributed by atoms with Crippen LogP contribution in [0.3, 0.4) is 0 Å². The maximum atomic E-state index is 11.5. The lowest BCUT2D eigenvalue weighted by Gasteiger charge is -2.33. The smallest absolute Gasteiger partial charge is 0.248 e. The normalized spacial score (nSPS) is 21.4. The van der Waals surface area contributed by atoms with Gasteiger partial charge in [0.2, 0.25) is 11.8 Å². The van der Waals surface area contributed by atoms with Crippen molar-refractivity contribution in [3.8, 4) is 0 Å². The second-order valence-electron chi connectivity index (χ2n) is 3.59.